The van der Waals surface area contributed by atoms with Gasteiger partial charge in [0.2, 0.25) is 0 Å². The molecule has 12 rings (SSSR count). The molecule has 12 aliphatic rings. The highest BCUT2D eigenvalue weighted by molar-refractivity contribution is 5.03. The predicted octanol–water partition coefficient (Wildman–Crippen LogP) is 20.2. The molecule has 16 unspecified atom stereocenters. The lowest BCUT2D eigenvalue weighted by atomic mass is 9.55. The summed E-state index contributed by atoms with van der Waals surface area (Å²) in [5.74, 6) is 30.9. The van der Waals surface area contributed by atoms with Gasteiger partial charge in [0.05, 0.1) is 0 Å². The molecule has 10 bridgehead atoms. The summed E-state index contributed by atoms with van der Waals surface area (Å²) in [4.78, 5) is 0. The molecule has 0 aromatic heterocycles. The SMILES string of the molecule is CC(C)C1CC2CC1C2C(C)C.CC(C)C1CC2CC1CC2C(C)C.CC(C)C1CC2CCC1CC2C(C)C.CC(C)C1C[C@@H]2C[C@H]1CC2C(C)C.CC(C)C1C[C@H]2CC[C@@H](C1)C2C(C)C. The van der Waals surface area contributed by atoms with Crippen molar-refractivity contribution in [2.45, 2.75) is 241 Å². The van der Waals surface area contributed by atoms with Gasteiger partial charge in [-0.2, -0.15) is 0 Å². The van der Waals surface area contributed by atoms with Crippen molar-refractivity contribution in [2.24, 2.45) is 178 Å². The van der Waals surface area contributed by atoms with Crippen molar-refractivity contribution in [3.8, 4) is 0 Å². The number of fused-ring (bicyclic) bond motifs is 10. The van der Waals surface area contributed by atoms with Crippen LogP contribution < -0.4 is 0 Å². The van der Waals surface area contributed by atoms with Crippen LogP contribution in [0.4, 0.5) is 0 Å². The van der Waals surface area contributed by atoms with Crippen molar-refractivity contribution in [1.29, 1.82) is 0 Å². The van der Waals surface area contributed by atoms with Gasteiger partial charge in [-0.25, -0.2) is 0 Å². The second-order valence-electron chi connectivity index (χ2n) is 30.5. The second-order valence-corrected chi connectivity index (χ2v) is 30.5. The van der Waals surface area contributed by atoms with Gasteiger partial charge in [-0.15, -0.1) is 0 Å². The average molecular weight is 916 g/mol. The molecule has 12 saturated carbocycles. The summed E-state index contributed by atoms with van der Waals surface area (Å²) in [5, 5.41) is 0. The fourth-order valence-electron chi connectivity index (χ4n) is 20.3. The van der Waals surface area contributed by atoms with Crippen LogP contribution in [0.5, 0.6) is 0 Å². The van der Waals surface area contributed by atoms with E-state index in [1.807, 2.05) is 0 Å². The Morgan fingerprint density at radius 3 is 0.697 bits per heavy atom. The van der Waals surface area contributed by atoms with Crippen molar-refractivity contribution < 1.29 is 0 Å². The van der Waals surface area contributed by atoms with Crippen molar-refractivity contribution in [1.82, 2.24) is 0 Å². The fourth-order valence-corrected chi connectivity index (χ4v) is 20.3. The maximum absolute atomic E-state index is 2.44. The van der Waals surface area contributed by atoms with Crippen LogP contribution in [0.3, 0.4) is 0 Å². The largest absolute Gasteiger partial charge is 0.0625 e. The standard InChI is InChI=1S/2C14H26.2C13H24.C12H22/c1-9(2)13-7-12-6-5-11(13)8-14(12)10(3)4;1-9(2)13-7-11-5-6-12(8-13)14(11)10(3)4;2*1-8(2)12-6-11-5-10(12)7-13(11)9(3)4;1-7(2)10-5-9-6-11(10)12(9)8(3)4/h2*9-14H,5-8H2,1-4H3;2*8-13H,5-7H2,1-4H3;7-12H,5-6H2,1-4H3/t;11-,12+,13?,14?;10-,11-,12?,13?;;/m..0../s1. The maximum Gasteiger partial charge on any atom is -0.0331 e. The summed E-state index contributed by atoms with van der Waals surface area (Å²) in [6.45, 7) is 48.3. The summed E-state index contributed by atoms with van der Waals surface area (Å²) in [6.07, 6.45) is 24.7. The molecule has 0 radical (unpaired) electrons. The van der Waals surface area contributed by atoms with Crippen molar-refractivity contribution in [2.75, 3.05) is 0 Å². The van der Waals surface area contributed by atoms with E-state index in [2.05, 4.69) is 138 Å². The van der Waals surface area contributed by atoms with E-state index in [1.54, 1.807) is 64.2 Å². The lowest BCUT2D eigenvalue weighted by molar-refractivity contribution is -0.00132. The first-order valence-electron chi connectivity index (χ1n) is 31.0. The molecule has 12 fully saturated rings. The Kier molecular flexibility index (Phi) is 19.9. The molecule has 0 saturated heterocycles. The van der Waals surface area contributed by atoms with Gasteiger partial charge in [-0.1, -0.05) is 138 Å². The average Bonchev–Trinajstić information content (AvgIpc) is 4.12. The molecule has 12 aliphatic carbocycles. The molecule has 0 amide bonds. The smallest absolute Gasteiger partial charge is 0.0331 e. The normalized spacial score (nSPS) is 43.5. The Morgan fingerprint density at radius 2 is 0.470 bits per heavy atom. The Hall–Kier alpha value is 0. The van der Waals surface area contributed by atoms with Gasteiger partial charge in [-0.05, 0) is 280 Å². The highest BCUT2D eigenvalue weighted by Gasteiger charge is 2.54. The highest BCUT2D eigenvalue weighted by Crippen LogP contribution is 2.62. The number of rotatable bonds is 10. The van der Waals surface area contributed by atoms with Crippen LogP contribution in [0.15, 0.2) is 0 Å². The van der Waals surface area contributed by atoms with Crippen LogP contribution in [-0.4, -0.2) is 0 Å². The first kappa shape index (κ1) is 55.3. The zero-order valence-corrected chi connectivity index (χ0v) is 48.6. The van der Waals surface area contributed by atoms with E-state index in [9.17, 15) is 0 Å². The van der Waals surface area contributed by atoms with E-state index < -0.39 is 0 Å². The third kappa shape index (κ3) is 12.6. The van der Waals surface area contributed by atoms with Crippen molar-refractivity contribution in [3.63, 3.8) is 0 Å². The summed E-state index contributed by atoms with van der Waals surface area (Å²) in [6, 6.07) is 0. The maximum atomic E-state index is 2.44. The van der Waals surface area contributed by atoms with Gasteiger partial charge in [0.15, 0.2) is 0 Å². The molecular formula is C66H122. The van der Waals surface area contributed by atoms with Crippen LogP contribution in [0.2, 0.25) is 0 Å². The lowest BCUT2D eigenvalue weighted by Crippen LogP contribution is -2.41. The molecule has 0 heterocycles. The minimum Gasteiger partial charge on any atom is -0.0625 e. The Balaban J connectivity index is 0.000000137. The van der Waals surface area contributed by atoms with Crippen molar-refractivity contribution in [3.05, 3.63) is 0 Å². The molecule has 0 N–H and O–H groups in total. The van der Waals surface area contributed by atoms with E-state index in [4.69, 9.17) is 0 Å². The predicted molar refractivity (Wildman–Crippen MR) is 292 cm³/mol. The zero-order valence-electron chi connectivity index (χ0n) is 48.6. The fraction of sp³-hybridized carbons (Fsp3) is 1.00. The minimum atomic E-state index is 0.922. The Bertz CT molecular complexity index is 1270. The van der Waals surface area contributed by atoms with Gasteiger partial charge >= 0.3 is 0 Å². The van der Waals surface area contributed by atoms with Crippen LogP contribution in [0, 0.1) is 178 Å². The van der Waals surface area contributed by atoms with E-state index in [-0.39, 0.29) is 0 Å². The van der Waals surface area contributed by atoms with Gasteiger partial charge < -0.3 is 0 Å². The summed E-state index contributed by atoms with van der Waals surface area (Å²) < 4.78 is 0. The quantitative estimate of drug-likeness (QED) is 0.205. The lowest BCUT2D eigenvalue weighted by Gasteiger charge is -2.50. The molecule has 0 aliphatic heterocycles. The van der Waals surface area contributed by atoms with Gasteiger partial charge in [0.1, 0.15) is 0 Å². The first-order chi connectivity index (χ1) is 31.0. The third-order valence-electron chi connectivity index (χ3n) is 23.6. The summed E-state index contributed by atoms with van der Waals surface area (Å²) >= 11 is 0. The molecule has 20 atom stereocenters. The Labute approximate surface area is 416 Å². The van der Waals surface area contributed by atoms with Crippen LogP contribution in [0.25, 0.3) is 0 Å². The van der Waals surface area contributed by atoms with Crippen LogP contribution >= 0.6 is 0 Å². The molecular weight excluding hydrogens is 793 g/mol. The molecule has 0 nitrogen and oxygen atoms in total. The van der Waals surface area contributed by atoms with E-state index >= 15 is 0 Å². The van der Waals surface area contributed by atoms with Crippen LogP contribution in [-0.2, 0) is 0 Å². The highest BCUT2D eigenvalue weighted by atomic mass is 14.6. The van der Waals surface area contributed by atoms with E-state index in [1.165, 1.54) is 38.5 Å². The molecule has 386 valence electrons. The number of hydrogen-bond donors (Lipinski definition) is 0. The topological polar surface area (TPSA) is 0 Å². The zero-order chi connectivity index (χ0) is 48.6. The van der Waals surface area contributed by atoms with E-state index in [0.717, 1.165) is 178 Å². The monoisotopic (exact) mass is 915 g/mol. The number of hydrogen-bond acceptors (Lipinski definition) is 0. The minimum absolute atomic E-state index is 0.922. The van der Waals surface area contributed by atoms with Gasteiger partial charge in [0.25, 0.3) is 0 Å². The van der Waals surface area contributed by atoms with Crippen molar-refractivity contribution >= 4 is 0 Å². The van der Waals surface area contributed by atoms with E-state index in [0.29, 0.717) is 0 Å². The summed E-state index contributed by atoms with van der Waals surface area (Å²) in [7, 11) is 0. The Morgan fingerprint density at radius 1 is 0.197 bits per heavy atom. The van der Waals surface area contributed by atoms with Crippen LogP contribution in [0.1, 0.15) is 241 Å². The molecule has 0 spiro atoms. The molecule has 0 aromatic rings. The third-order valence-corrected chi connectivity index (χ3v) is 23.6. The molecule has 0 heteroatoms. The molecule has 66 heavy (non-hydrogen) atoms. The molecule has 0 aromatic carbocycles. The van der Waals surface area contributed by atoms with Gasteiger partial charge in [0, 0.05) is 0 Å². The summed E-state index contributed by atoms with van der Waals surface area (Å²) in [5.41, 5.74) is 0. The first-order valence-corrected chi connectivity index (χ1v) is 31.0. The second kappa shape index (κ2) is 23.7. The van der Waals surface area contributed by atoms with Gasteiger partial charge in [-0.3, -0.25) is 0 Å².